The molecule has 0 N–H and O–H groups in total. The average molecular weight is 339 g/mol. The van der Waals surface area contributed by atoms with Gasteiger partial charge in [0.15, 0.2) is 0 Å². The first kappa shape index (κ1) is 16.1. The van der Waals surface area contributed by atoms with E-state index in [1.807, 2.05) is 31.3 Å². The summed E-state index contributed by atoms with van der Waals surface area (Å²) < 4.78 is 0. The van der Waals surface area contributed by atoms with Crippen LogP contribution in [-0.2, 0) is 0 Å². The van der Waals surface area contributed by atoms with Crippen molar-refractivity contribution >= 4 is 17.5 Å². The van der Waals surface area contributed by atoms with Crippen LogP contribution in [0.25, 0.3) is 0 Å². The lowest BCUT2D eigenvalue weighted by Crippen LogP contribution is -2.63. The Bertz CT molecular complexity index is 692. The maximum atomic E-state index is 4.46. The molecule has 4 rings (SSSR count). The third-order valence-corrected chi connectivity index (χ3v) is 5.09. The number of anilines is 3. The first-order valence-electron chi connectivity index (χ1n) is 8.85. The van der Waals surface area contributed by atoms with Crippen LogP contribution in [0.2, 0.25) is 0 Å². The van der Waals surface area contributed by atoms with Crippen LogP contribution in [0.4, 0.5) is 17.5 Å². The van der Waals surface area contributed by atoms with Crippen molar-refractivity contribution < 1.29 is 0 Å². The summed E-state index contributed by atoms with van der Waals surface area (Å²) in [4.78, 5) is 22.5. The van der Waals surface area contributed by atoms with Crippen molar-refractivity contribution in [1.82, 2.24) is 19.9 Å². The van der Waals surface area contributed by atoms with Gasteiger partial charge in [0.05, 0.1) is 0 Å². The van der Waals surface area contributed by atoms with Gasteiger partial charge in [-0.1, -0.05) is 6.07 Å². The summed E-state index contributed by atoms with van der Waals surface area (Å²) in [5, 5.41) is 0. The molecule has 0 saturated carbocycles. The molecule has 0 atom stereocenters. The number of pyridine rings is 1. The van der Waals surface area contributed by atoms with E-state index < -0.39 is 0 Å². The molecule has 2 aromatic rings. The van der Waals surface area contributed by atoms with Crippen molar-refractivity contribution in [1.29, 1.82) is 0 Å². The van der Waals surface area contributed by atoms with Gasteiger partial charge in [0.2, 0.25) is 0 Å². The zero-order chi connectivity index (χ0) is 17.2. The fourth-order valence-electron chi connectivity index (χ4n) is 3.48. The predicted molar refractivity (Wildman–Crippen MR) is 100 cm³/mol. The van der Waals surface area contributed by atoms with Crippen LogP contribution < -0.4 is 14.7 Å². The Morgan fingerprint density at radius 3 is 2.40 bits per heavy atom. The van der Waals surface area contributed by atoms with Crippen LogP contribution in [-0.4, -0.2) is 79.3 Å². The van der Waals surface area contributed by atoms with E-state index in [2.05, 4.69) is 47.9 Å². The van der Waals surface area contributed by atoms with Gasteiger partial charge < -0.3 is 14.7 Å². The number of aromatic nitrogens is 3. The molecule has 0 aliphatic carbocycles. The molecule has 25 heavy (non-hydrogen) atoms. The van der Waals surface area contributed by atoms with Crippen molar-refractivity contribution in [3.05, 3.63) is 36.8 Å². The van der Waals surface area contributed by atoms with Gasteiger partial charge in [0, 0.05) is 71.7 Å². The van der Waals surface area contributed by atoms with Crippen LogP contribution in [0.3, 0.4) is 0 Å². The normalized spacial score (nSPS) is 19.0. The summed E-state index contributed by atoms with van der Waals surface area (Å²) >= 11 is 0. The lowest BCUT2D eigenvalue weighted by atomic mass is 10.1. The van der Waals surface area contributed by atoms with Crippen LogP contribution in [0.15, 0.2) is 36.8 Å². The minimum Gasteiger partial charge on any atom is -0.363 e. The molecule has 0 bridgehead atoms. The lowest BCUT2D eigenvalue weighted by molar-refractivity contribution is 0.156. The largest absolute Gasteiger partial charge is 0.363 e. The van der Waals surface area contributed by atoms with Gasteiger partial charge in [-0.2, -0.15) is 0 Å². The fourth-order valence-corrected chi connectivity index (χ4v) is 3.48. The van der Waals surface area contributed by atoms with Gasteiger partial charge >= 0.3 is 0 Å². The lowest BCUT2D eigenvalue weighted by Gasteiger charge is -2.48. The Morgan fingerprint density at radius 1 is 0.920 bits per heavy atom. The molecule has 132 valence electrons. The second-order valence-corrected chi connectivity index (χ2v) is 6.90. The highest BCUT2D eigenvalue weighted by Crippen LogP contribution is 2.25. The van der Waals surface area contributed by atoms with E-state index in [0.29, 0.717) is 6.04 Å². The molecule has 2 saturated heterocycles. The second kappa shape index (κ2) is 6.84. The molecule has 0 amide bonds. The molecule has 2 aromatic heterocycles. The first-order chi connectivity index (χ1) is 12.2. The Labute approximate surface area is 148 Å². The summed E-state index contributed by atoms with van der Waals surface area (Å²) in [6, 6.07) is 8.82. The third-order valence-electron chi connectivity index (χ3n) is 5.09. The summed E-state index contributed by atoms with van der Waals surface area (Å²) in [6.07, 6.45) is 3.53. The number of hydrogen-bond donors (Lipinski definition) is 0. The zero-order valence-corrected chi connectivity index (χ0v) is 14.9. The molecular formula is C18H25N7. The Kier molecular flexibility index (Phi) is 4.40. The van der Waals surface area contributed by atoms with E-state index in [1.165, 1.54) is 0 Å². The van der Waals surface area contributed by atoms with E-state index >= 15 is 0 Å². The van der Waals surface area contributed by atoms with Gasteiger partial charge in [-0.3, -0.25) is 4.90 Å². The number of hydrogen-bond acceptors (Lipinski definition) is 7. The zero-order valence-electron chi connectivity index (χ0n) is 14.9. The van der Waals surface area contributed by atoms with Crippen LogP contribution >= 0.6 is 0 Å². The van der Waals surface area contributed by atoms with E-state index in [-0.39, 0.29) is 0 Å². The summed E-state index contributed by atoms with van der Waals surface area (Å²) in [5.41, 5.74) is 0. The smallest absolute Gasteiger partial charge is 0.134 e. The molecule has 4 heterocycles. The van der Waals surface area contributed by atoms with Gasteiger partial charge in [-0.15, -0.1) is 0 Å². The van der Waals surface area contributed by atoms with Crippen molar-refractivity contribution in [3.63, 3.8) is 0 Å². The molecule has 0 unspecified atom stereocenters. The topological polar surface area (TPSA) is 51.6 Å². The molecular weight excluding hydrogens is 314 g/mol. The van der Waals surface area contributed by atoms with Crippen LogP contribution in [0, 0.1) is 0 Å². The van der Waals surface area contributed by atoms with Crippen molar-refractivity contribution in [2.24, 2.45) is 0 Å². The van der Waals surface area contributed by atoms with E-state index in [1.54, 1.807) is 6.33 Å². The molecule has 2 aliphatic rings. The van der Waals surface area contributed by atoms with Gasteiger partial charge in [0.25, 0.3) is 0 Å². The molecule has 0 radical (unpaired) electrons. The quantitative estimate of drug-likeness (QED) is 0.822. The fraction of sp³-hybridized carbons (Fsp3) is 0.500. The molecule has 0 aromatic carbocycles. The maximum Gasteiger partial charge on any atom is 0.134 e. The van der Waals surface area contributed by atoms with E-state index in [9.17, 15) is 0 Å². The minimum atomic E-state index is 0.628. The van der Waals surface area contributed by atoms with Gasteiger partial charge in [-0.05, 0) is 12.1 Å². The number of piperazine rings is 1. The highest BCUT2D eigenvalue weighted by atomic mass is 15.4. The van der Waals surface area contributed by atoms with E-state index in [4.69, 9.17) is 0 Å². The molecule has 7 nitrogen and oxygen atoms in total. The van der Waals surface area contributed by atoms with Crippen molar-refractivity contribution in [3.8, 4) is 0 Å². The average Bonchev–Trinajstić information content (AvgIpc) is 2.62. The highest BCUT2D eigenvalue weighted by molar-refractivity contribution is 5.51. The maximum absolute atomic E-state index is 4.46. The van der Waals surface area contributed by atoms with Gasteiger partial charge in [-0.25, -0.2) is 15.0 Å². The predicted octanol–water partition coefficient (Wildman–Crippen LogP) is 0.948. The number of nitrogens with zero attached hydrogens (tertiary/aromatic N) is 7. The highest BCUT2D eigenvalue weighted by Gasteiger charge is 2.34. The van der Waals surface area contributed by atoms with Crippen LogP contribution in [0.1, 0.15) is 0 Å². The Morgan fingerprint density at radius 2 is 1.72 bits per heavy atom. The first-order valence-corrected chi connectivity index (χ1v) is 8.85. The third kappa shape index (κ3) is 3.37. The second-order valence-electron chi connectivity index (χ2n) is 6.90. The van der Waals surface area contributed by atoms with Crippen molar-refractivity contribution in [2.45, 2.75) is 6.04 Å². The van der Waals surface area contributed by atoms with Crippen LogP contribution in [0.5, 0.6) is 0 Å². The van der Waals surface area contributed by atoms with E-state index in [0.717, 1.165) is 56.7 Å². The molecule has 2 fully saturated rings. The summed E-state index contributed by atoms with van der Waals surface area (Å²) in [7, 11) is 4.01. The molecule has 2 aliphatic heterocycles. The number of rotatable bonds is 4. The monoisotopic (exact) mass is 339 g/mol. The summed E-state index contributed by atoms with van der Waals surface area (Å²) in [5.74, 6) is 3.08. The van der Waals surface area contributed by atoms with Crippen molar-refractivity contribution in [2.75, 3.05) is 68.1 Å². The van der Waals surface area contributed by atoms with Gasteiger partial charge in [0.1, 0.15) is 23.8 Å². The Hall–Kier alpha value is -2.41. The Balaban J connectivity index is 1.30. The molecule has 7 heteroatoms. The SMILES string of the molecule is CN(C)c1cc(N2CC(N3CCN(c4ccccn4)CC3)C2)ncn1. The molecule has 0 spiro atoms. The summed E-state index contributed by atoms with van der Waals surface area (Å²) in [6.45, 7) is 6.39. The standard InChI is InChI=1S/C18H25N7/c1-22(2)17-11-18(21-14-20-17)25-12-15(13-25)23-7-9-24(10-8-23)16-5-3-4-6-19-16/h3-6,11,14-15H,7-10,12-13H2,1-2H3. The minimum absolute atomic E-state index is 0.628.